The van der Waals surface area contributed by atoms with Gasteiger partial charge in [0.05, 0.1) is 25.7 Å². The smallest absolute Gasteiger partial charge is 0.324 e. The van der Waals surface area contributed by atoms with Crippen LogP contribution in [0, 0.1) is 0 Å². The molecule has 4 amide bonds. The first-order valence-corrected chi connectivity index (χ1v) is 8.81. The summed E-state index contributed by atoms with van der Waals surface area (Å²) in [6, 6.07) is 14.1. The zero-order valence-electron chi connectivity index (χ0n) is 14.6. The van der Waals surface area contributed by atoms with Crippen LogP contribution in [0.2, 0.25) is 0 Å². The van der Waals surface area contributed by atoms with Gasteiger partial charge in [0.15, 0.2) is 0 Å². The lowest BCUT2D eigenvalue weighted by molar-refractivity contribution is -0.125. The molecule has 7 nitrogen and oxygen atoms in total. The van der Waals surface area contributed by atoms with Crippen molar-refractivity contribution in [1.82, 2.24) is 15.5 Å². The van der Waals surface area contributed by atoms with Gasteiger partial charge in [-0.3, -0.25) is 14.5 Å². The van der Waals surface area contributed by atoms with Crippen molar-refractivity contribution in [3.8, 4) is 5.75 Å². The molecule has 0 radical (unpaired) electrons. The third-order valence-corrected chi connectivity index (χ3v) is 4.73. The molecule has 27 heavy (non-hydrogen) atoms. The second kappa shape index (κ2) is 7.11. The molecule has 1 atom stereocenters. The lowest BCUT2D eigenvalue weighted by Gasteiger charge is -2.26. The number of carbonyl (C=O) groups excluding carboxylic acids is 3. The fourth-order valence-corrected chi connectivity index (χ4v) is 3.34. The summed E-state index contributed by atoms with van der Waals surface area (Å²) in [5.74, 6) is 0.325. The second-order valence-electron chi connectivity index (χ2n) is 6.54. The van der Waals surface area contributed by atoms with Gasteiger partial charge in [0.1, 0.15) is 5.75 Å². The Balaban J connectivity index is 1.48. The molecule has 2 N–H and O–H groups in total. The minimum absolute atomic E-state index is 0.0160. The van der Waals surface area contributed by atoms with Gasteiger partial charge in [0.25, 0.3) is 5.91 Å². The van der Waals surface area contributed by atoms with Crippen LogP contribution in [0.5, 0.6) is 5.75 Å². The lowest BCUT2D eigenvalue weighted by Crippen LogP contribution is -2.32. The van der Waals surface area contributed by atoms with E-state index in [2.05, 4.69) is 10.6 Å². The fraction of sp³-hybridized carbons (Fsp3) is 0.250. The van der Waals surface area contributed by atoms with Gasteiger partial charge >= 0.3 is 6.03 Å². The fourth-order valence-electron chi connectivity index (χ4n) is 3.34. The van der Waals surface area contributed by atoms with E-state index < -0.39 is 6.03 Å². The molecular formula is C20H19N3O4. The van der Waals surface area contributed by atoms with E-state index in [1.54, 1.807) is 24.3 Å². The highest BCUT2D eigenvalue weighted by Crippen LogP contribution is 2.31. The number of ether oxygens (including phenoxy) is 1. The number of nitrogens with zero attached hydrogens (tertiary/aromatic N) is 1. The number of imide groups is 1. The predicted octanol–water partition coefficient (Wildman–Crippen LogP) is 1.99. The van der Waals surface area contributed by atoms with Crippen molar-refractivity contribution < 1.29 is 19.1 Å². The summed E-state index contributed by atoms with van der Waals surface area (Å²) in [5.41, 5.74) is 2.18. The number of urea groups is 1. The minimum atomic E-state index is -0.409. The number of nitrogens with one attached hydrogen (secondary N) is 2. The van der Waals surface area contributed by atoms with Crippen LogP contribution in [0.3, 0.4) is 0 Å². The number of para-hydroxylation sites is 1. The highest BCUT2D eigenvalue weighted by molar-refractivity contribution is 6.02. The highest BCUT2D eigenvalue weighted by Gasteiger charge is 2.28. The minimum Gasteiger partial charge on any atom is -0.493 e. The van der Waals surface area contributed by atoms with Crippen molar-refractivity contribution in [2.75, 3.05) is 13.2 Å². The molecule has 2 heterocycles. The standard InChI is InChI=1S/C20H19N3O4/c24-18-11-21-20(26)23(18)12-13-4-3-5-14(10-13)19(25)22-16-8-9-27-17-7-2-1-6-15(16)17/h1-7,10,16H,8-9,11-12H2,(H,21,26)(H,22,25). The summed E-state index contributed by atoms with van der Waals surface area (Å²) < 4.78 is 5.63. The zero-order valence-corrected chi connectivity index (χ0v) is 14.6. The molecule has 2 aromatic carbocycles. The van der Waals surface area contributed by atoms with Gasteiger partial charge in [-0.2, -0.15) is 0 Å². The second-order valence-corrected chi connectivity index (χ2v) is 6.54. The Morgan fingerprint density at radius 1 is 1.19 bits per heavy atom. The summed E-state index contributed by atoms with van der Waals surface area (Å²) in [4.78, 5) is 37.3. The zero-order chi connectivity index (χ0) is 18.8. The topological polar surface area (TPSA) is 87.7 Å². The molecule has 1 saturated heterocycles. The SMILES string of the molecule is O=C(NC1CCOc2ccccc21)c1cccc(CN2C(=O)CNC2=O)c1. The number of fused-ring (bicyclic) bond motifs is 1. The summed E-state index contributed by atoms with van der Waals surface area (Å²) in [6.07, 6.45) is 0.699. The molecule has 2 aliphatic heterocycles. The number of carbonyl (C=O) groups is 3. The van der Waals surface area contributed by atoms with E-state index in [1.165, 1.54) is 0 Å². The summed E-state index contributed by atoms with van der Waals surface area (Å²) in [5, 5.41) is 5.54. The molecule has 138 valence electrons. The molecule has 0 bridgehead atoms. The predicted molar refractivity (Wildman–Crippen MR) is 97.2 cm³/mol. The van der Waals surface area contributed by atoms with Gasteiger partial charge in [0, 0.05) is 17.5 Å². The van der Waals surface area contributed by atoms with Gasteiger partial charge in [-0.05, 0) is 23.8 Å². The maximum Gasteiger partial charge on any atom is 0.324 e. The summed E-state index contributed by atoms with van der Waals surface area (Å²) in [6.45, 7) is 0.711. The maximum atomic E-state index is 12.7. The van der Waals surface area contributed by atoms with Crippen LogP contribution in [-0.2, 0) is 11.3 Å². The Kier molecular flexibility index (Phi) is 4.50. The number of rotatable bonds is 4. The van der Waals surface area contributed by atoms with Crippen molar-refractivity contribution in [2.45, 2.75) is 19.0 Å². The highest BCUT2D eigenvalue weighted by atomic mass is 16.5. The third-order valence-electron chi connectivity index (χ3n) is 4.73. The molecule has 2 aliphatic rings. The van der Waals surface area contributed by atoms with Crippen LogP contribution in [0.15, 0.2) is 48.5 Å². The van der Waals surface area contributed by atoms with Gasteiger partial charge in [-0.1, -0.05) is 30.3 Å². The number of hydrogen-bond donors (Lipinski definition) is 2. The Bertz CT molecular complexity index is 896. The molecule has 1 unspecified atom stereocenters. The van der Waals surface area contributed by atoms with E-state index in [0.717, 1.165) is 21.8 Å². The first-order valence-electron chi connectivity index (χ1n) is 8.81. The average molecular weight is 365 g/mol. The maximum absolute atomic E-state index is 12.7. The first-order chi connectivity index (χ1) is 13.1. The van der Waals surface area contributed by atoms with Crippen molar-refractivity contribution in [1.29, 1.82) is 0 Å². The normalized spacial score (nSPS) is 18.5. The van der Waals surface area contributed by atoms with Crippen molar-refractivity contribution in [3.63, 3.8) is 0 Å². The Hall–Kier alpha value is -3.35. The van der Waals surface area contributed by atoms with E-state index in [9.17, 15) is 14.4 Å². The van der Waals surface area contributed by atoms with E-state index >= 15 is 0 Å². The quantitative estimate of drug-likeness (QED) is 0.811. The van der Waals surface area contributed by atoms with Crippen molar-refractivity contribution in [3.05, 3.63) is 65.2 Å². The van der Waals surface area contributed by atoms with Gasteiger partial charge in [-0.25, -0.2) is 4.79 Å². The molecule has 2 aromatic rings. The van der Waals surface area contributed by atoms with Crippen LogP contribution in [0.1, 0.15) is 33.9 Å². The number of benzene rings is 2. The van der Waals surface area contributed by atoms with Crippen LogP contribution in [0.25, 0.3) is 0 Å². The molecule has 4 rings (SSSR count). The molecule has 0 spiro atoms. The molecular weight excluding hydrogens is 346 g/mol. The first kappa shape index (κ1) is 17.1. The van der Waals surface area contributed by atoms with Gasteiger partial charge in [0.2, 0.25) is 5.91 Å². The van der Waals surface area contributed by atoms with Gasteiger partial charge < -0.3 is 15.4 Å². The Labute approximate surface area is 156 Å². The van der Waals surface area contributed by atoms with Crippen molar-refractivity contribution >= 4 is 17.8 Å². The molecule has 7 heteroatoms. The third kappa shape index (κ3) is 3.48. The number of hydrogen-bond acceptors (Lipinski definition) is 4. The summed E-state index contributed by atoms with van der Waals surface area (Å²) in [7, 11) is 0. The average Bonchev–Trinajstić information content (AvgIpc) is 3.00. The monoisotopic (exact) mass is 365 g/mol. The van der Waals surface area contributed by atoms with Crippen LogP contribution in [0.4, 0.5) is 4.79 Å². The van der Waals surface area contributed by atoms with E-state index in [1.807, 2.05) is 24.3 Å². The largest absolute Gasteiger partial charge is 0.493 e. The summed E-state index contributed by atoms with van der Waals surface area (Å²) >= 11 is 0. The molecule has 1 fully saturated rings. The number of amides is 4. The van der Waals surface area contributed by atoms with Gasteiger partial charge in [-0.15, -0.1) is 0 Å². The van der Waals surface area contributed by atoms with E-state index in [0.29, 0.717) is 18.6 Å². The Morgan fingerprint density at radius 3 is 2.85 bits per heavy atom. The van der Waals surface area contributed by atoms with E-state index in [4.69, 9.17) is 4.74 Å². The van der Waals surface area contributed by atoms with Crippen LogP contribution >= 0.6 is 0 Å². The molecule has 0 aromatic heterocycles. The Morgan fingerprint density at radius 2 is 2.04 bits per heavy atom. The van der Waals surface area contributed by atoms with Crippen LogP contribution in [-0.4, -0.2) is 35.9 Å². The molecule has 0 aliphatic carbocycles. The van der Waals surface area contributed by atoms with Crippen LogP contribution < -0.4 is 15.4 Å². The lowest BCUT2D eigenvalue weighted by atomic mass is 10.00. The van der Waals surface area contributed by atoms with Crippen molar-refractivity contribution in [2.24, 2.45) is 0 Å². The molecule has 0 saturated carbocycles. The van der Waals surface area contributed by atoms with E-state index in [-0.39, 0.29) is 30.9 Å².